The molecule has 0 bridgehead atoms. The minimum absolute atomic E-state index is 0.0875. The van der Waals surface area contributed by atoms with Crippen LogP contribution in [0.4, 0.5) is 0 Å². The van der Waals surface area contributed by atoms with Gasteiger partial charge < -0.3 is 9.84 Å². The van der Waals surface area contributed by atoms with E-state index in [-0.39, 0.29) is 6.61 Å². The Bertz CT molecular complexity index is 793. The van der Waals surface area contributed by atoms with Crippen molar-refractivity contribution in [2.75, 3.05) is 7.11 Å². The molecule has 3 aromatic rings. The Labute approximate surface area is 129 Å². The van der Waals surface area contributed by atoms with Crippen LogP contribution in [0.5, 0.6) is 5.75 Å². The number of hydrogen-bond acceptors (Lipinski definition) is 3. The molecule has 0 spiro atoms. The lowest BCUT2D eigenvalue weighted by Crippen LogP contribution is -2.02. The summed E-state index contributed by atoms with van der Waals surface area (Å²) in [6.45, 7) is 1.96. The Morgan fingerprint density at radius 1 is 1.09 bits per heavy atom. The van der Waals surface area contributed by atoms with E-state index in [4.69, 9.17) is 4.74 Å². The molecule has 3 rings (SSSR count). The molecule has 112 valence electrons. The van der Waals surface area contributed by atoms with Gasteiger partial charge in [0, 0.05) is 5.56 Å². The van der Waals surface area contributed by atoms with Gasteiger partial charge >= 0.3 is 0 Å². The first kappa shape index (κ1) is 14.4. The van der Waals surface area contributed by atoms with Gasteiger partial charge in [-0.05, 0) is 36.8 Å². The average molecular weight is 294 g/mol. The van der Waals surface area contributed by atoms with Gasteiger partial charge in [-0.25, -0.2) is 4.68 Å². The number of methoxy groups -OCH3 is 1. The maximum atomic E-state index is 9.44. The van der Waals surface area contributed by atoms with Crippen molar-refractivity contribution in [3.8, 4) is 22.7 Å². The van der Waals surface area contributed by atoms with Crippen molar-refractivity contribution in [1.82, 2.24) is 9.78 Å². The fourth-order valence-corrected chi connectivity index (χ4v) is 2.48. The van der Waals surface area contributed by atoms with E-state index >= 15 is 0 Å². The molecule has 0 aliphatic carbocycles. The average Bonchev–Trinajstić information content (AvgIpc) is 2.99. The smallest absolute Gasteiger partial charge is 0.119 e. The molecule has 1 aromatic heterocycles. The fraction of sp³-hybridized carbons (Fsp3) is 0.167. The number of benzene rings is 2. The molecule has 0 radical (unpaired) electrons. The van der Waals surface area contributed by atoms with Crippen LogP contribution in [0.25, 0.3) is 16.9 Å². The number of aliphatic hydroxyl groups excluding tert-OH is 1. The van der Waals surface area contributed by atoms with Crippen LogP contribution >= 0.6 is 0 Å². The SMILES string of the molecule is COc1cccc(-c2cc(CO)nn2-c2ccccc2C)c1. The van der Waals surface area contributed by atoms with Crippen molar-refractivity contribution >= 4 is 0 Å². The van der Waals surface area contributed by atoms with Crippen LogP contribution in [-0.4, -0.2) is 22.0 Å². The Balaban J connectivity index is 2.19. The van der Waals surface area contributed by atoms with Gasteiger partial charge in [-0.15, -0.1) is 0 Å². The molecule has 0 saturated heterocycles. The van der Waals surface area contributed by atoms with Crippen molar-refractivity contribution < 1.29 is 9.84 Å². The van der Waals surface area contributed by atoms with E-state index in [1.54, 1.807) is 7.11 Å². The molecule has 0 amide bonds. The first-order valence-electron chi connectivity index (χ1n) is 7.13. The topological polar surface area (TPSA) is 47.3 Å². The third kappa shape index (κ3) is 2.61. The van der Waals surface area contributed by atoms with Crippen molar-refractivity contribution in [3.05, 3.63) is 65.9 Å². The predicted molar refractivity (Wildman–Crippen MR) is 86.2 cm³/mol. The molecule has 4 heteroatoms. The van der Waals surface area contributed by atoms with Crippen LogP contribution in [0.3, 0.4) is 0 Å². The van der Waals surface area contributed by atoms with Gasteiger partial charge in [0.05, 0.1) is 30.8 Å². The summed E-state index contributed by atoms with van der Waals surface area (Å²) in [5, 5.41) is 14.0. The number of hydrogen-bond donors (Lipinski definition) is 1. The van der Waals surface area contributed by atoms with Crippen LogP contribution in [0.15, 0.2) is 54.6 Å². The first-order valence-corrected chi connectivity index (χ1v) is 7.13. The van der Waals surface area contributed by atoms with Crippen molar-refractivity contribution in [1.29, 1.82) is 0 Å². The number of nitrogens with zero attached hydrogens (tertiary/aromatic N) is 2. The Kier molecular flexibility index (Phi) is 3.94. The summed E-state index contributed by atoms with van der Waals surface area (Å²) >= 11 is 0. The summed E-state index contributed by atoms with van der Waals surface area (Å²) < 4.78 is 7.17. The predicted octanol–water partition coefficient (Wildman–Crippen LogP) is 3.35. The quantitative estimate of drug-likeness (QED) is 0.802. The zero-order chi connectivity index (χ0) is 15.5. The number of rotatable bonds is 4. The standard InChI is InChI=1S/C18H18N2O2/c1-13-6-3-4-9-17(13)20-18(11-15(12-21)19-20)14-7-5-8-16(10-14)22-2/h3-11,21H,12H2,1-2H3. The highest BCUT2D eigenvalue weighted by molar-refractivity contribution is 5.65. The van der Waals surface area contributed by atoms with E-state index < -0.39 is 0 Å². The van der Waals surface area contributed by atoms with Gasteiger partial charge in [0.15, 0.2) is 0 Å². The van der Waals surface area contributed by atoms with Gasteiger partial charge in [-0.2, -0.15) is 5.10 Å². The van der Waals surface area contributed by atoms with E-state index in [9.17, 15) is 5.11 Å². The first-order chi connectivity index (χ1) is 10.7. The molecule has 0 aliphatic rings. The Hall–Kier alpha value is -2.59. The number of aliphatic hydroxyl groups is 1. The molecule has 0 aliphatic heterocycles. The lowest BCUT2D eigenvalue weighted by molar-refractivity contribution is 0.276. The molecule has 0 fully saturated rings. The highest BCUT2D eigenvalue weighted by atomic mass is 16.5. The lowest BCUT2D eigenvalue weighted by atomic mass is 10.1. The minimum Gasteiger partial charge on any atom is -0.497 e. The van der Waals surface area contributed by atoms with Gasteiger partial charge in [0.2, 0.25) is 0 Å². The summed E-state index contributed by atoms with van der Waals surface area (Å²) in [6, 6.07) is 17.8. The van der Waals surface area contributed by atoms with Gasteiger partial charge in [-0.1, -0.05) is 30.3 Å². The van der Waals surface area contributed by atoms with Gasteiger partial charge in [-0.3, -0.25) is 0 Å². The van der Waals surface area contributed by atoms with Gasteiger partial charge in [0.25, 0.3) is 0 Å². The van der Waals surface area contributed by atoms with Crippen LogP contribution in [-0.2, 0) is 6.61 Å². The highest BCUT2D eigenvalue weighted by Crippen LogP contribution is 2.28. The molecule has 0 unspecified atom stereocenters. The second kappa shape index (κ2) is 6.03. The summed E-state index contributed by atoms with van der Waals surface area (Å²) in [5.41, 5.74) is 4.69. The minimum atomic E-state index is -0.0875. The van der Waals surface area contributed by atoms with Crippen molar-refractivity contribution in [3.63, 3.8) is 0 Å². The Morgan fingerprint density at radius 3 is 2.64 bits per heavy atom. The molecule has 1 heterocycles. The maximum absolute atomic E-state index is 9.44. The third-order valence-electron chi connectivity index (χ3n) is 3.63. The Morgan fingerprint density at radius 2 is 1.91 bits per heavy atom. The molecule has 2 aromatic carbocycles. The summed E-state index contributed by atoms with van der Waals surface area (Å²) in [5.74, 6) is 0.792. The molecule has 0 saturated carbocycles. The van der Waals surface area contributed by atoms with Crippen LogP contribution in [0.2, 0.25) is 0 Å². The lowest BCUT2D eigenvalue weighted by Gasteiger charge is -2.11. The largest absolute Gasteiger partial charge is 0.497 e. The normalized spacial score (nSPS) is 10.7. The third-order valence-corrected chi connectivity index (χ3v) is 3.63. The van der Waals surface area contributed by atoms with E-state index in [2.05, 4.69) is 5.10 Å². The van der Waals surface area contributed by atoms with Crippen molar-refractivity contribution in [2.24, 2.45) is 0 Å². The number of ether oxygens (including phenoxy) is 1. The van der Waals surface area contributed by atoms with E-state index in [1.807, 2.05) is 66.2 Å². The highest BCUT2D eigenvalue weighted by Gasteiger charge is 2.13. The monoisotopic (exact) mass is 294 g/mol. The summed E-state index contributed by atoms with van der Waals surface area (Å²) in [6.07, 6.45) is 0. The van der Waals surface area contributed by atoms with Gasteiger partial charge in [0.1, 0.15) is 5.75 Å². The molecule has 22 heavy (non-hydrogen) atoms. The molecule has 4 nitrogen and oxygen atoms in total. The van der Waals surface area contributed by atoms with Crippen LogP contribution < -0.4 is 4.74 Å². The second-order valence-corrected chi connectivity index (χ2v) is 5.11. The zero-order valence-electron chi connectivity index (χ0n) is 12.7. The fourth-order valence-electron chi connectivity index (χ4n) is 2.48. The number of para-hydroxylation sites is 1. The second-order valence-electron chi connectivity index (χ2n) is 5.11. The number of aryl methyl sites for hydroxylation is 1. The number of aromatic nitrogens is 2. The summed E-state index contributed by atoms with van der Waals surface area (Å²) in [7, 11) is 1.65. The zero-order valence-corrected chi connectivity index (χ0v) is 12.7. The maximum Gasteiger partial charge on any atom is 0.119 e. The molecule has 0 atom stereocenters. The van der Waals surface area contributed by atoms with E-state index in [1.165, 1.54) is 0 Å². The van der Waals surface area contributed by atoms with E-state index in [0.29, 0.717) is 5.69 Å². The van der Waals surface area contributed by atoms with E-state index in [0.717, 1.165) is 28.3 Å². The summed E-state index contributed by atoms with van der Waals surface area (Å²) in [4.78, 5) is 0. The van der Waals surface area contributed by atoms with Crippen LogP contribution in [0.1, 0.15) is 11.3 Å². The van der Waals surface area contributed by atoms with Crippen molar-refractivity contribution in [2.45, 2.75) is 13.5 Å². The van der Waals surface area contributed by atoms with Crippen LogP contribution in [0, 0.1) is 6.92 Å². The molecule has 1 N–H and O–H groups in total. The molecular formula is C18H18N2O2. The molecular weight excluding hydrogens is 276 g/mol.